The molecule has 0 unspecified atom stereocenters. The Morgan fingerprint density at radius 1 is 1.45 bits per heavy atom. The maximum Gasteiger partial charge on any atom is 0.250 e. The number of aliphatic hydroxyl groups excluding tert-OH is 2. The van der Waals surface area contributed by atoms with E-state index in [-0.39, 0.29) is 5.16 Å². The van der Waals surface area contributed by atoms with Crippen LogP contribution < -0.4 is 0 Å². The minimum Gasteiger partial charge on any atom is -0.461 e. The molecule has 0 aliphatic heterocycles. The van der Waals surface area contributed by atoms with Crippen LogP contribution in [0.4, 0.5) is 0 Å². The minimum atomic E-state index is -3.85. The van der Waals surface area contributed by atoms with E-state index >= 15 is 0 Å². The fourth-order valence-electron chi connectivity index (χ4n) is 1.77. The molecule has 0 aliphatic carbocycles. The van der Waals surface area contributed by atoms with Crippen molar-refractivity contribution in [1.29, 1.82) is 0 Å². The zero-order valence-corrected chi connectivity index (χ0v) is 11.6. The highest BCUT2D eigenvalue weighted by molar-refractivity contribution is 7.91. The number of nitrogens with zero attached hydrogens (tertiary/aromatic N) is 3. The number of aromatic nitrogens is 3. The Morgan fingerprint density at radius 2 is 2.20 bits per heavy atom. The van der Waals surface area contributed by atoms with Crippen molar-refractivity contribution in [1.82, 2.24) is 14.8 Å². The van der Waals surface area contributed by atoms with Gasteiger partial charge in [0.15, 0.2) is 5.76 Å². The van der Waals surface area contributed by atoms with Crippen LogP contribution in [-0.4, -0.2) is 51.9 Å². The summed E-state index contributed by atoms with van der Waals surface area (Å²) in [4.78, 5) is 0. The molecule has 9 heteroatoms. The molecule has 20 heavy (non-hydrogen) atoms. The second-order valence-electron chi connectivity index (χ2n) is 4.15. The van der Waals surface area contributed by atoms with E-state index in [1.807, 2.05) is 0 Å². The molecule has 0 spiro atoms. The number of furan rings is 1. The van der Waals surface area contributed by atoms with Crippen LogP contribution in [-0.2, 0) is 16.4 Å². The lowest BCUT2D eigenvalue weighted by Crippen LogP contribution is -2.26. The third kappa shape index (κ3) is 2.74. The Kier molecular flexibility index (Phi) is 4.21. The molecule has 0 bridgehead atoms. The summed E-state index contributed by atoms with van der Waals surface area (Å²) in [5.41, 5.74) is 0. The van der Waals surface area contributed by atoms with Crippen molar-refractivity contribution in [3.8, 4) is 11.6 Å². The molecule has 110 valence electrons. The van der Waals surface area contributed by atoms with Crippen LogP contribution in [0.25, 0.3) is 11.6 Å². The summed E-state index contributed by atoms with van der Waals surface area (Å²) in [6, 6.07) is 3.31. The van der Waals surface area contributed by atoms with Gasteiger partial charge in [-0.25, -0.2) is 8.42 Å². The first-order valence-electron chi connectivity index (χ1n) is 5.98. The SMILES string of the molecule is CCn1c(-c2ccco2)nnc1S(=O)(=O)C[C@@H](O)CO. The number of sulfone groups is 1. The quantitative estimate of drug-likeness (QED) is 0.750. The van der Waals surface area contributed by atoms with Gasteiger partial charge in [0.2, 0.25) is 20.8 Å². The fraction of sp³-hybridized carbons (Fsp3) is 0.455. The summed E-state index contributed by atoms with van der Waals surface area (Å²) in [6.07, 6.45) is 0.0994. The summed E-state index contributed by atoms with van der Waals surface area (Å²) in [5.74, 6) is 0.0952. The Labute approximate surface area is 115 Å². The molecule has 2 rings (SSSR count). The lowest BCUT2D eigenvalue weighted by Gasteiger charge is -2.09. The summed E-state index contributed by atoms with van der Waals surface area (Å²) < 4.78 is 30.8. The molecule has 0 aromatic carbocycles. The highest BCUT2D eigenvalue weighted by atomic mass is 32.2. The average Bonchev–Trinajstić information content (AvgIpc) is 3.06. The first kappa shape index (κ1) is 14.7. The van der Waals surface area contributed by atoms with Crippen molar-refractivity contribution < 1.29 is 23.0 Å². The van der Waals surface area contributed by atoms with Crippen LogP contribution in [0.2, 0.25) is 0 Å². The fourth-order valence-corrected chi connectivity index (χ4v) is 3.25. The van der Waals surface area contributed by atoms with E-state index in [1.165, 1.54) is 10.8 Å². The molecule has 0 saturated carbocycles. The Bertz CT molecular complexity index is 662. The zero-order chi connectivity index (χ0) is 14.8. The second kappa shape index (κ2) is 5.73. The van der Waals surface area contributed by atoms with E-state index in [0.717, 1.165) is 0 Å². The van der Waals surface area contributed by atoms with Crippen molar-refractivity contribution in [3.63, 3.8) is 0 Å². The number of rotatable bonds is 6. The number of hydrogen-bond acceptors (Lipinski definition) is 7. The van der Waals surface area contributed by atoms with Gasteiger partial charge in [-0.05, 0) is 19.1 Å². The molecule has 2 N–H and O–H groups in total. The van der Waals surface area contributed by atoms with E-state index in [9.17, 15) is 13.5 Å². The summed E-state index contributed by atoms with van der Waals surface area (Å²) in [5, 5.41) is 25.3. The van der Waals surface area contributed by atoms with E-state index in [1.54, 1.807) is 19.1 Å². The Morgan fingerprint density at radius 3 is 2.75 bits per heavy atom. The molecule has 8 nitrogen and oxygen atoms in total. The van der Waals surface area contributed by atoms with Gasteiger partial charge >= 0.3 is 0 Å². The van der Waals surface area contributed by atoms with Gasteiger partial charge in [0, 0.05) is 6.54 Å². The average molecular weight is 301 g/mol. The maximum atomic E-state index is 12.1. The third-order valence-corrected chi connectivity index (χ3v) is 4.36. The van der Waals surface area contributed by atoms with Crippen molar-refractivity contribution in [2.24, 2.45) is 0 Å². The lowest BCUT2D eigenvalue weighted by molar-refractivity contribution is 0.112. The molecule has 2 aromatic rings. The molecule has 0 aliphatic rings. The largest absolute Gasteiger partial charge is 0.461 e. The van der Waals surface area contributed by atoms with Gasteiger partial charge in [-0.15, -0.1) is 10.2 Å². The van der Waals surface area contributed by atoms with Crippen LogP contribution in [0.5, 0.6) is 0 Å². The predicted molar refractivity (Wildman–Crippen MR) is 68.5 cm³/mol. The second-order valence-corrected chi connectivity index (χ2v) is 6.07. The summed E-state index contributed by atoms with van der Waals surface area (Å²) in [7, 11) is -3.85. The maximum absolute atomic E-state index is 12.1. The van der Waals surface area contributed by atoms with E-state index < -0.39 is 28.3 Å². The molecular weight excluding hydrogens is 286 g/mol. The Hall–Kier alpha value is -1.71. The van der Waals surface area contributed by atoms with Crippen LogP contribution in [0.15, 0.2) is 28.0 Å². The van der Waals surface area contributed by atoms with Crippen LogP contribution in [0.3, 0.4) is 0 Å². The number of aliphatic hydroxyl groups is 2. The topological polar surface area (TPSA) is 118 Å². The van der Waals surface area contributed by atoms with Gasteiger partial charge in [0.25, 0.3) is 0 Å². The highest BCUT2D eigenvalue weighted by Gasteiger charge is 2.27. The highest BCUT2D eigenvalue weighted by Crippen LogP contribution is 2.21. The molecule has 0 amide bonds. The molecule has 1 atom stereocenters. The minimum absolute atomic E-state index is 0.251. The first-order chi connectivity index (χ1) is 9.49. The van der Waals surface area contributed by atoms with Gasteiger partial charge < -0.3 is 14.6 Å². The van der Waals surface area contributed by atoms with Crippen molar-refractivity contribution in [3.05, 3.63) is 18.4 Å². The molecule has 0 fully saturated rings. The molecular formula is C11H15N3O5S. The van der Waals surface area contributed by atoms with Crippen molar-refractivity contribution in [2.45, 2.75) is 24.7 Å². The normalized spacial score (nSPS) is 13.6. The van der Waals surface area contributed by atoms with E-state index in [2.05, 4.69) is 10.2 Å². The van der Waals surface area contributed by atoms with E-state index in [0.29, 0.717) is 18.1 Å². The summed E-state index contributed by atoms with van der Waals surface area (Å²) in [6.45, 7) is 1.44. The lowest BCUT2D eigenvalue weighted by atomic mass is 10.4. The monoisotopic (exact) mass is 301 g/mol. The standard InChI is InChI=1S/C11H15N3O5S/c1-2-14-10(9-4-3-5-19-9)12-13-11(14)20(17,18)7-8(16)6-15/h3-5,8,15-16H,2,6-7H2,1H3/t8-/m0/s1. The van der Waals surface area contributed by atoms with Gasteiger partial charge in [-0.2, -0.15) is 0 Å². The van der Waals surface area contributed by atoms with Crippen LogP contribution in [0.1, 0.15) is 6.92 Å². The molecule has 0 radical (unpaired) electrons. The van der Waals surface area contributed by atoms with Gasteiger partial charge in [0.1, 0.15) is 0 Å². The van der Waals surface area contributed by atoms with Crippen LogP contribution in [0, 0.1) is 0 Å². The van der Waals surface area contributed by atoms with Gasteiger partial charge in [-0.1, -0.05) is 0 Å². The van der Waals surface area contributed by atoms with E-state index in [4.69, 9.17) is 9.52 Å². The van der Waals surface area contributed by atoms with Gasteiger partial charge in [-0.3, -0.25) is 4.57 Å². The first-order valence-corrected chi connectivity index (χ1v) is 7.63. The third-order valence-electron chi connectivity index (χ3n) is 2.68. The smallest absolute Gasteiger partial charge is 0.250 e. The number of hydrogen-bond donors (Lipinski definition) is 2. The van der Waals surface area contributed by atoms with Gasteiger partial charge in [0.05, 0.1) is 24.7 Å². The summed E-state index contributed by atoms with van der Waals surface area (Å²) >= 11 is 0. The molecule has 2 aromatic heterocycles. The van der Waals surface area contributed by atoms with Crippen LogP contribution >= 0.6 is 0 Å². The molecule has 0 saturated heterocycles. The van der Waals surface area contributed by atoms with Crippen molar-refractivity contribution >= 4 is 9.84 Å². The zero-order valence-electron chi connectivity index (χ0n) is 10.8. The Balaban J connectivity index is 2.43. The van der Waals surface area contributed by atoms with Crippen molar-refractivity contribution in [2.75, 3.05) is 12.4 Å². The predicted octanol–water partition coefficient (Wildman–Crippen LogP) is -0.315. The molecule has 2 heterocycles.